The maximum absolute atomic E-state index is 12.8. The van der Waals surface area contributed by atoms with Crippen LogP contribution in [0.25, 0.3) is 0 Å². The van der Waals surface area contributed by atoms with Crippen molar-refractivity contribution in [2.24, 2.45) is 0 Å². The van der Waals surface area contributed by atoms with Crippen LogP contribution in [0.3, 0.4) is 0 Å². The smallest absolute Gasteiger partial charge is 0.306 e. The highest BCUT2D eigenvalue weighted by Gasteiger charge is 2.19. The predicted molar refractivity (Wildman–Crippen MR) is 284 cm³/mol. The molecule has 6 nitrogen and oxygen atoms in total. The van der Waals surface area contributed by atoms with Gasteiger partial charge < -0.3 is 14.2 Å². The summed E-state index contributed by atoms with van der Waals surface area (Å²) in [5, 5.41) is 0. The van der Waals surface area contributed by atoms with Crippen LogP contribution >= 0.6 is 0 Å². The van der Waals surface area contributed by atoms with Gasteiger partial charge in [-0.3, -0.25) is 14.4 Å². The van der Waals surface area contributed by atoms with Gasteiger partial charge in [0.2, 0.25) is 0 Å². The maximum Gasteiger partial charge on any atom is 0.306 e. The summed E-state index contributed by atoms with van der Waals surface area (Å²) >= 11 is 0. The van der Waals surface area contributed by atoms with Crippen molar-refractivity contribution in [3.63, 3.8) is 0 Å². The second-order valence-electron chi connectivity index (χ2n) is 17.9. The predicted octanol–water partition coefficient (Wildman–Crippen LogP) is 18.1. The molecule has 0 aromatic heterocycles. The lowest BCUT2D eigenvalue weighted by molar-refractivity contribution is -0.167. The molecule has 6 heteroatoms. The van der Waals surface area contributed by atoms with Gasteiger partial charge in [0.15, 0.2) is 6.10 Å². The molecule has 0 saturated carbocycles. The molecule has 0 aliphatic carbocycles. The molecular weight excluding hydrogens is 817 g/mol. The highest BCUT2D eigenvalue weighted by molar-refractivity contribution is 5.71. The van der Waals surface area contributed by atoms with E-state index < -0.39 is 6.10 Å². The van der Waals surface area contributed by atoms with Crippen LogP contribution in [-0.2, 0) is 28.6 Å². The van der Waals surface area contributed by atoms with Crippen LogP contribution in [0.15, 0.2) is 97.2 Å². The number of hydrogen-bond acceptors (Lipinski definition) is 6. The topological polar surface area (TPSA) is 78.9 Å². The van der Waals surface area contributed by atoms with Crippen LogP contribution in [0.2, 0.25) is 0 Å². The van der Waals surface area contributed by atoms with E-state index in [1.165, 1.54) is 103 Å². The third kappa shape index (κ3) is 51.3. The highest BCUT2D eigenvalue weighted by Crippen LogP contribution is 2.16. The summed E-state index contributed by atoms with van der Waals surface area (Å²) in [5.41, 5.74) is 0. The molecular formula is C60H100O6. The molecule has 1 atom stereocenters. The summed E-state index contributed by atoms with van der Waals surface area (Å²) in [6, 6.07) is 0. The van der Waals surface area contributed by atoms with Gasteiger partial charge in [-0.05, 0) is 70.6 Å². The number of esters is 3. The van der Waals surface area contributed by atoms with Gasteiger partial charge in [0.1, 0.15) is 13.2 Å². The summed E-state index contributed by atoms with van der Waals surface area (Å²) in [7, 11) is 0. The summed E-state index contributed by atoms with van der Waals surface area (Å²) in [6.45, 7) is 6.34. The van der Waals surface area contributed by atoms with E-state index in [2.05, 4.69) is 69.4 Å². The third-order valence-corrected chi connectivity index (χ3v) is 11.5. The molecule has 0 heterocycles. The van der Waals surface area contributed by atoms with Crippen LogP contribution in [0.4, 0.5) is 0 Å². The van der Waals surface area contributed by atoms with E-state index in [1.807, 2.05) is 48.6 Å². The van der Waals surface area contributed by atoms with Crippen molar-refractivity contribution in [1.82, 2.24) is 0 Å². The number of unbranched alkanes of at least 4 members (excludes halogenated alkanes) is 25. The van der Waals surface area contributed by atoms with Gasteiger partial charge >= 0.3 is 17.9 Å². The van der Waals surface area contributed by atoms with Gasteiger partial charge in [-0.1, -0.05) is 253 Å². The molecule has 376 valence electrons. The lowest BCUT2D eigenvalue weighted by atomic mass is 10.0. The molecule has 0 aromatic carbocycles. The fourth-order valence-corrected chi connectivity index (χ4v) is 7.42. The average Bonchev–Trinajstić information content (AvgIpc) is 3.31. The highest BCUT2D eigenvalue weighted by atomic mass is 16.6. The quantitative estimate of drug-likeness (QED) is 0.0199. The fraction of sp³-hybridized carbons (Fsp3) is 0.683. The molecule has 0 aromatic rings. The first kappa shape index (κ1) is 62.3. The van der Waals surface area contributed by atoms with E-state index in [9.17, 15) is 14.4 Å². The summed E-state index contributed by atoms with van der Waals surface area (Å²) in [4.78, 5) is 38.1. The Morgan fingerprint density at radius 3 is 1.12 bits per heavy atom. The Balaban J connectivity index is 4.44. The zero-order valence-electron chi connectivity index (χ0n) is 42.9. The third-order valence-electron chi connectivity index (χ3n) is 11.5. The Morgan fingerprint density at radius 1 is 0.333 bits per heavy atom. The van der Waals surface area contributed by atoms with E-state index >= 15 is 0 Å². The van der Waals surface area contributed by atoms with Crippen molar-refractivity contribution in [2.45, 2.75) is 252 Å². The zero-order chi connectivity index (χ0) is 47.9. The maximum atomic E-state index is 12.8. The van der Waals surface area contributed by atoms with Gasteiger partial charge in [0.25, 0.3) is 0 Å². The van der Waals surface area contributed by atoms with Crippen LogP contribution in [0, 0.1) is 0 Å². The van der Waals surface area contributed by atoms with Crippen molar-refractivity contribution >= 4 is 17.9 Å². The molecule has 66 heavy (non-hydrogen) atoms. The number of allylic oxidation sites excluding steroid dienone is 16. The largest absolute Gasteiger partial charge is 0.462 e. The van der Waals surface area contributed by atoms with Crippen LogP contribution < -0.4 is 0 Å². The van der Waals surface area contributed by atoms with E-state index in [0.29, 0.717) is 19.3 Å². The van der Waals surface area contributed by atoms with E-state index in [1.54, 1.807) is 0 Å². The molecule has 1 unspecified atom stereocenters. The van der Waals surface area contributed by atoms with E-state index in [4.69, 9.17) is 14.2 Å². The fourth-order valence-electron chi connectivity index (χ4n) is 7.42. The lowest BCUT2D eigenvalue weighted by Crippen LogP contribution is -2.30. The Kier molecular flexibility index (Phi) is 50.9. The molecule has 0 rings (SSSR count). The Morgan fingerprint density at radius 2 is 0.667 bits per heavy atom. The van der Waals surface area contributed by atoms with E-state index in [0.717, 1.165) is 96.3 Å². The first-order chi connectivity index (χ1) is 32.5. The molecule has 0 spiro atoms. The minimum atomic E-state index is -0.808. The molecule has 0 amide bonds. The first-order valence-electron chi connectivity index (χ1n) is 27.3. The van der Waals surface area contributed by atoms with Gasteiger partial charge in [0, 0.05) is 19.3 Å². The van der Waals surface area contributed by atoms with Gasteiger partial charge in [0.05, 0.1) is 0 Å². The number of hydrogen-bond donors (Lipinski definition) is 0. The Labute approximate surface area is 407 Å². The first-order valence-corrected chi connectivity index (χ1v) is 27.3. The number of ether oxygens (including phenoxy) is 3. The molecule has 0 N–H and O–H groups in total. The van der Waals surface area contributed by atoms with Crippen molar-refractivity contribution in [2.75, 3.05) is 13.2 Å². The van der Waals surface area contributed by atoms with Crippen molar-refractivity contribution in [3.8, 4) is 0 Å². The second kappa shape index (κ2) is 53.9. The molecule has 0 radical (unpaired) electrons. The number of rotatable bonds is 48. The van der Waals surface area contributed by atoms with Gasteiger partial charge in [-0.15, -0.1) is 0 Å². The normalized spacial score (nSPS) is 12.8. The van der Waals surface area contributed by atoms with Crippen molar-refractivity contribution in [1.29, 1.82) is 0 Å². The monoisotopic (exact) mass is 917 g/mol. The Bertz CT molecular complexity index is 1330. The summed E-state index contributed by atoms with van der Waals surface area (Å²) < 4.78 is 16.8. The van der Waals surface area contributed by atoms with Crippen molar-refractivity contribution in [3.05, 3.63) is 97.2 Å². The minimum Gasteiger partial charge on any atom is -0.462 e. The SMILES string of the molecule is CC\C=C/C=C\C=C/C=C\C=C/CCCCCC(=O)OC(COC(=O)CCCCCC/C=C\C/C=C\C/C=C\CC)COC(=O)CCCCCCCCCCCCCCCCCCCCC. The molecule has 0 fully saturated rings. The number of carbonyl (C=O) groups is 3. The number of carbonyl (C=O) groups excluding carboxylic acids is 3. The standard InChI is InChI=1S/C60H100O6/c1-4-7-10-13-16-19-22-25-28-29-30-31-33-35-38-41-44-47-50-53-59(62)65-56-57(55-64-58(61)52-49-46-43-40-37-34-27-24-21-18-15-12-9-6-3)66-60(63)54-51-48-45-42-39-36-32-26-23-20-17-14-11-8-5-2/h8-9,11-12,14,17-18,20-21,23,26-27,32,34,36,39,57H,4-7,10,13,15-16,19,22,24-25,28-31,33,35,37-38,40-56H2,1-3H3/b11-8-,12-9-,17-14-,21-18-,23-20-,32-26-,34-27-,39-36-. The molecule has 0 aliphatic heterocycles. The summed E-state index contributed by atoms with van der Waals surface area (Å²) in [5.74, 6) is -0.965. The molecule has 0 aliphatic rings. The Hall–Kier alpha value is -3.67. The van der Waals surface area contributed by atoms with Crippen LogP contribution in [0.1, 0.15) is 245 Å². The molecule has 0 saturated heterocycles. The van der Waals surface area contributed by atoms with Crippen LogP contribution in [0.5, 0.6) is 0 Å². The van der Waals surface area contributed by atoms with Crippen molar-refractivity contribution < 1.29 is 28.6 Å². The van der Waals surface area contributed by atoms with E-state index in [-0.39, 0.29) is 37.5 Å². The average molecular weight is 917 g/mol. The van der Waals surface area contributed by atoms with Gasteiger partial charge in [-0.25, -0.2) is 0 Å². The minimum absolute atomic E-state index is 0.101. The summed E-state index contributed by atoms with van der Waals surface area (Å²) in [6.07, 6.45) is 71.1. The lowest BCUT2D eigenvalue weighted by Gasteiger charge is -2.18. The van der Waals surface area contributed by atoms with Crippen LogP contribution in [-0.4, -0.2) is 37.2 Å². The van der Waals surface area contributed by atoms with Gasteiger partial charge in [-0.2, -0.15) is 0 Å². The molecule has 0 bridgehead atoms. The second-order valence-corrected chi connectivity index (χ2v) is 17.9. The zero-order valence-corrected chi connectivity index (χ0v) is 42.9.